The van der Waals surface area contributed by atoms with Crippen molar-refractivity contribution in [1.29, 1.82) is 0 Å². The van der Waals surface area contributed by atoms with Crippen molar-refractivity contribution in [3.63, 3.8) is 0 Å². The molecule has 4 heteroatoms. The van der Waals surface area contributed by atoms with Crippen LogP contribution in [0.4, 0.5) is 0 Å². The zero-order valence-electron chi connectivity index (χ0n) is 13.7. The van der Waals surface area contributed by atoms with Crippen molar-refractivity contribution in [3.8, 4) is 0 Å². The van der Waals surface area contributed by atoms with Crippen LogP contribution < -0.4 is 0 Å². The molecule has 0 spiro atoms. The maximum absolute atomic E-state index is 6.07. The van der Waals surface area contributed by atoms with E-state index in [0.29, 0.717) is 24.3 Å². The van der Waals surface area contributed by atoms with Gasteiger partial charge in [0.25, 0.3) is 0 Å². The zero-order valence-corrected chi connectivity index (χ0v) is 13.7. The predicted molar refractivity (Wildman–Crippen MR) is 82.1 cm³/mol. The Hall–Kier alpha value is -0.160. The van der Waals surface area contributed by atoms with Gasteiger partial charge in [0.2, 0.25) is 0 Å². The molecule has 2 aliphatic heterocycles. The first kappa shape index (κ1) is 16.2. The number of likely N-dealkylation sites (tertiary alicyclic amines) is 2. The highest BCUT2D eigenvalue weighted by Gasteiger charge is 2.27. The van der Waals surface area contributed by atoms with Crippen molar-refractivity contribution in [2.75, 3.05) is 39.9 Å². The summed E-state index contributed by atoms with van der Waals surface area (Å²) < 4.78 is 11.5. The standard InChI is InChI=1S/C16H32N2O2/c1-13(2)17-8-6-16(12-17)20-10-7-14(3)18-9-5-15(11-18)19-4/h13-16H,5-12H2,1-4H3/t14?,15-,16+/m1/s1. The van der Waals surface area contributed by atoms with Crippen molar-refractivity contribution in [3.05, 3.63) is 0 Å². The highest BCUT2D eigenvalue weighted by atomic mass is 16.5. The van der Waals surface area contributed by atoms with Crippen molar-refractivity contribution in [1.82, 2.24) is 9.80 Å². The summed E-state index contributed by atoms with van der Waals surface area (Å²) in [5.41, 5.74) is 0. The van der Waals surface area contributed by atoms with Gasteiger partial charge in [-0.2, -0.15) is 0 Å². The fourth-order valence-electron chi connectivity index (χ4n) is 3.29. The zero-order chi connectivity index (χ0) is 14.5. The molecule has 2 saturated heterocycles. The number of hydrogen-bond acceptors (Lipinski definition) is 4. The highest BCUT2D eigenvalue weighted by Crippen LogP contribution is 2.18. The van der Waals surface area contributed by atoms with Gasteiger partial charge in [-0.15, -0.1) is 0 Å². The largest absolute Gasteiger partial charge is 0.380 e. The van der Waals surface area contributed by atoms with Gasteiger partial charge in [0.15, 0.2) is 0 Å². The summed E-state index contributed by atoms with van der Waals surface area (Å²) in [6.07, 6.45) is 4.40. The van der Waals surface area contributed by atoms with Crippen molar-refractivity contribution < 1.29 is 9.47 Å². The number of hydrogen-bond donors (Lipinski definition) is 0. The summed E-state index contributed by atoms with van der Waals surface area (Å²) in [4.78, 5) is 5.05. The van der Waals surface area contributed by atoms with Gasteiger partial charge in [-0.05, 0) is 40.0 Å². The molecule has 0 radical (unpaired) electrons. The fraction of sp³-hybridized carbons (Fsp3) is 1.00. The average Bonchev–Trinajstić information content (AvgIpc) is 3.07. The normalized spacial score (nSPS) is 30.4. The summed E-state index contributed by atoms with van der Waals surface area (Å²) in [5.74, 6) is 0. The third-order valence-electron chi connectivity index (χ3n) is 4.93. The molecule has 0 bridgehead atoms. The van der Waals surface area contributed by atoms with Crippen LogP contribution in [0.15, 0.2) is 0 Å². The molecule has 3 atom stereocenters. The summed E-state index contributed by atoms with van der Waals surface area (Å²) in [5, 5.41) is 0. The van der Waals surface area contributed by atoms with Crippen molar-refractivity contribution in [2.45, 2.75) is 64.3 Å². The molecule has 0 aromatic rings. The minimum Gasteiger partial charge on any atom is -0.380 e. The van der Waals surface area contributed by atoms with Crippen LogP contribution in [-0.4, -0.2) is 74.0 Å². The van der Waals surface area contributed by atoms with Crippen LogP contribution in [0.2, 0.25) is 0 Å². The van der Waals surface area contributed by atoms with Gasteiger partial charge in [-0.25, -0.2) is 0 Å². The van der Waals surface area contributed by atoms with Crippen LogP contribution in [0.5, 0.6) is 0 Å². The minimum absolute atomic E-state index is 0.438. The summed E-state index contributed by atoms with van der Waals surface area (Å²) in [6.45, 7) is 12.3. The van der Waals surface area contributed by atoms with E-state index in [1.165, 1.54) is 25.9 Å². The number of nitrogens with zero attached hydrogens (tertiary/aromatic N) is 2. The molecule has 4 nitrogen and oxygen atoms in total. The van der Waals surface area contributed by atoms with Crippen LogP contribution in [0.25, 0.3) is 0 Å². The smallest absolute Gasteiger partial charge is 0.0714 e. The highest BCUT2D eigenvalue weighted by molar-refractivity contribution is 4.81. The number of methoxy groups -OCH3 is 1. The third kappa shape index (κ3) is 4.42. The lowest BCUT2D eigenvalue weighted by atomic mass is 10.2. The lowest BCUT2D eigenvalue weighted by Gasteiger charge is -2.25. The van der Waals surface area contributed by atoms with E-state index in [4.69, 9.17) is 9.47 Å². The molecule has 20 heavy (non-hydrogen) atoms. The first-order valence-corrected chi connectivity index (χ1v) is 8.22. The van der Waals surface area contributed by atoms with E-state index < -0.39 is 0 Å². The van der Waals surface area contributed by atoms with Gasteiger partial charge in [-0.3, -0.25) is 9.80 Å². The monoisotopic (exact) mass is 284 g/mol. The number of ether oxygens (including phenoxy) is 2. The molecule has 1 unspecified atom stereocenters. The molecule has 0 aliphatic carbocycles. The quantitative estimate of drug-likeness (QED) is 0.714. The molecule has 2 fully saturated rings. The van der Waals surface area contributed by atoms with E-state index in [0.717, 1.165) is 26.1 Å². The Morgan fingerprint density at radius 2 is 1.65 bits per heavy atom. The second kappa shape index (κ2) is 7.74. The average molecular weight is 284 g/mol. The summed E-state index contributed by atoms with van der Waals surface area (Å²) in [6, 6.07) is 1.26. The number of rotatable bonds is 7. The maximum Gasteiger partial charge on any atom is 0.0714 e. The maximum atomic E-state index is 6.07. The third-order valence-corrected chi connectivity index (χ3v) is 4.93. The van der Waals surface area contributed by atoms with Crippen molar-refractivity contribution >= 4 is 0 Å². The molecule has 118 valence electrons. The SMILES string of the molecule is CO[C@@H]1CCN(C(C)CCO[C@H]2CCN(C(C)C)C2)C1. The molecule has 0 saturated carbocycles. The van der Waals surface area contributed by atoms with E-state index in [-0.39, 0.29) is 0 Å². The molecule has 0 amide bonds. The topological polar surface area (TPSA) is 24.9 Å². The van der Waals surface area contributed by atoms with Crippen LogP contribution >= 0.6 is 0 Å². The Balaban J connectivity index is 1.59. The van der Waals surface area contributed by atoms with Gasteiger partial charge in [0.05, 0.1) is 12.2 Å². The summed E-state index contributed by atoms with van der Waals surface area (Å²) >= 11 is 0. The molecular formula is C16H32N2O2. The van der Waals surface area contributed by atoms with Gasteiger partial charge < -0.3 is 9.47 Å². The lowest BCUT2D eigenvalue weighted by Crippen LogP contribution is -2.33. The van der Waals surface area contributed by atoms with Gasteiger partial charge in [-0.1, -0.05) is 0 Å². The van der Waals surface area contributed by atoms with Crippen LogP contribution in [-0.2, 0) is 9.47 Å². The fourth-order valence-corrected chi connectivity index (χ4v) is 3.29. The van der Waals surface area contributed by atoms with E-state index >= 15 is 0 Å². The summed E-state index contributed by atoms with van der Waals surface area (Å²) in [7, 11) is 1.82. The van der Waals surface area contributed by atoms with Crippen LogP contribution in [0.3, 0.4) is 0 Å². The van der Waals surface area contributed by atoms with Crippen LogP contribution in [0, 0.1) is 0 Å². The Morgan fingerprint density at radius 3 is 2.25 bits per heavy atom. The molecule has 2 rings (SSSR count). The predicted octanol–water partition coefficient (Wildman–Crippen LogP) is 1.98. The van der Waals surface area contributed by atoms with E-state index in [9.17, 15) is 0 Å². The molecular weight excluding hydrogens is 252 g/mol. The first-order chi connectivity index (χ1) is 9.60. The van der Waals surface area contributed by atoms with Crippen LogP contribution in [0.1, 0.15) is 40.0 Å². The Morgan fingerprint density at radius 1 is 1.00 bits per heavy atom. The molecule has 2 heterocycles. The minimum atomic E-state index is 0.438. The second-order valence-electron chi connectivity index (χ2n) is 6.65. The first-order valence-electron chi connectivity index (χ1n) is 8.22. The van der Waals surface area contributed by atoms with E-state index in [2.05, 4.69) is 30.6 Å². The van der Waals surface area contributed by atoms with E-state index in [1.54, 1.807) is 0 Å². The van der Waals surface area contributed by atoms with Gasteiger partial charge >= 0.3 is 0 Å². The Kier molecular flexibility index (Phi) is 6.27. The Bertz CT molecular complexity index is 286. The van der Waals surface area contributed by atoms with Gasteiger partial charge in [0, 0.05) is 52.0 Å². The Labute approximate surface area is 124 Å². The lowest BCUT2D eigenvalue weighted by molar-refractivity contribution is 0.0410. The molecule has 0 aromatic heterocycles. The van der Waals surface area contributed by atoms with Gasteiger partial charge in [0.1, 0.15) is 0 Å². The molecule has 2 aliphatic rings. The second-order valence-corrected chi connectivity index (χ2v) is 6.65. The molecule has 0 aromatic carbocycles. The molecule has 0 N–H and O–H groups in total. The van der Waals surface area contributed by atoms with E-state index in [1.807, 2.05) is 7.11 Å². The van der Waals surface area contributed by atoms with Crippen molar-refractivity contribution in [2.24, 2.45) is 0 Å².